The number of hydrogen-bond donors (Lipinski definition) is 3. The molecule has 4 N–H and O–H groups in total. The molecule has 0 fully saturated rings. The van der Waals surface area contributed by atoms with Crippen LogP contribution in [0.1, 0.15) is 5.56 Å². The van der Waals surface area contributed by atoms with Gasteiger partial charge in [-0.3, -0.25) is 0 Å². The summed E-state index contributed by atoms with van der Waals surface area (Å²) in [5.41, 5.74) is 13.3. The molecule has 0 bridgehead atoms. The third-order valence-corrected chi connectivity index (χ3v) is 2.46. The van der Waals surface area contributed by atoms with E-state index in [9.17, 15) is 0 Å². The molecule has 3 nitrogen and oxygen atoms in total. The summed E-state index contributed by atoms with van der Waals surface area (Å²) in [7, 11) is 0. The van der Waals surface area contributed by atoms with Gasteiger partial charge in [0, 0.05) is 5.56 Å². The Morgan fingerprint density at radius 2 is 2.17 bits per heavy atom. The van der Waals surface area contributed by atoms with Crippen molar-refractivity contribution in [3.63, 3.8) is 0 Å². The van der Waals surface area contributed by atoms with E-state index in [1.165, 1.54) is 0 Å². The lowest BCUT2D eigenvalue weighted by Gasteiger charge is -2.20. The predicted molar refractivity (Wildman–Crippen MR) is 49.8 cm³/mol. The first kappa shape index (κ1) is 7.86. The van der Waals surface area contributed by atoms with E-state index in [1.54, 1.807) is 0 Å². The van der Waals surface area contributed by atoms with Crippen molar-refractivity contribution in [1.29, 1.82) is 0 Å². The number of nitrogens with one attached hydrogen (secondary N) is 2. The Labute approximate surface area is 75.9 Å². The number of hydrogen-bond acceptors (Lipinski definition) is 3. The van der Waals surface area contributed by atoms with Crippen LogP contribution in [0.3, 0.4) is 0 Å². The smallest absolute Gasteiger partial charge is 0.125 e. The second kappa shape index (κ2) is 2.62. The van der Waals surface area contributed by atoms with Crippen LogP contribution in [0.4, 0.5) is 5.69 Å². The van der Waals surface area contributed by atoms with Crippen LogP contribution in [0.2, 0.25) is 0 Å². The van der Waals surface area contributed by atoms with Crippen molar-refractivity contribution < 1.29 is 0 Å². The number of anilines is 1. The van der Waals surface area contributed by atoms with Gasteiger partial charge in [-0.25, -0.2) is 5.43 Å². The van der Waals surface area contributed by atoms with E-state index in [2.05, 4.69) is 10.9 Å². The maximum atomic E-state index is 5.96. The van der Waals surface area contributed by atoms with Gasteiger partial charge in [-0.2, -0.15) is 0 Å². The molecular formula is C8H10ClN3. The van der Waals surface area contributed by atoms with E-state index in [-0.39, 0.29) is 0 Å². The fourth-order valence-corrected chi connectivity index (χ4v) is 1.54. The summed E-state index contributed by atoms with van der Waals surface area (Å²) in [6, 6.07) is 7.82. The lowest BCUT2D eigenvalue weighted by atomic mass is 10.0. The highest BCUT2D eigenvalue weighted by Gasteiger charge is 2.33. The van der Waals surface area contributed by atoms with Crippen molar-refractivity contribution >= 4 is 17.3 Å². The molecule has 12 heavy (non-hydrogen) atoms. The molecule has 1 unspecified atom stereocenters. The molecule has 1 aliphatic rings. The monoisotopic (exact) mass is 183 g/mol. The third-order valence-electron chi connectivity index (χ3n) is 2.04. The maximum Gasteiger partial charge on any atom is 0.125 e. The summed E-state index contributed by atoms with van der Waals surface area (Å²) in [5.74, 6) is 0.344. The van der Waals surface area contributed by atoms with E-state index >= 15 is 0 Å². The van der Waals surface area contributed by atoms with Gasteiger partial charge in [-0.15, -0.1) is 11.6 Å². The Morgan fingerprint density at radius 3 is 2.92 bits per heavy atom. The van der Waals surface area contributed by atoms with Crippen molar-refractivity contribution in [2.24, 2.45) is 5.73 Å². The molecule has 0 aromatic heterocycles. The lowest BCUT2D eigenvalue weighted by molar-refractivity contribution is 0.449. The van der Waals surface area contributed by atoms with Gasteiger partial charge < -0.3 is 11.2 Å². The van der Waals surface area contributed by atoms with E-state index in [1.807, 2.05) is 24.3 Å². The fourth-order valence-electron chi connectivity index (χ4n) is 1.33. The SMILES string of the molecule is NC1(CCl)NNc2ccccc21. The number of nitrogens with two attached hydrogens (primary N) is 1. The molecule has 1 atom stereocenters. The average Bonchev–Trinajstić information content (AvgIpc) is 2.46. The van der Waals surface area contributed by atoms with Gasteiger partial charge in [0.2, 0.25) is 0 Å². The number of rotatable bonds is 1. The van der Waals surface area contributed by atoms with Gasteiger partial charge >= 0.3 is 0 Å². The van der Waals surface area contributed by atoms with Gasteiger partial charge in [-0.05, 0) is 6.07 Å². The standard InChI is InChI=1S/C8H10ClN3/c9-5-8(10)6-3-1-2-4-7(6)11-12-8/h1-4,11-12H,5,10H2. The number of fused-ring (bicyclic) bond motifs is 1. The molecule has 1 aromatic carbocycles. The summed E-state index contributed by atoms with van der Waals surface area (Å²) in [6.07, 6.45) is 0. The lowest BCUT2D eigenvalue weighted by Crippen LogP contribution is -2.49. The van der Waals surface area contributed by atoms with Crippen molar-refractivity contribution in [3.8, 4) is 0 Å². The molecule has 0 saturated heterocycles. The number of benzene rings is 1. The van der Waals surface area contributed by atoms with E-state index in [0.29, 0.717) is 5.88 Å². The van der Waals surface area contributed by atoms with Crippen LogP contribution >= 0.6 is 11.6 Å². The van der Waals surface area contributed by atoms with Gasteiger partial charge in [0.1, 0.15) is 5.66 Å². The van der Waals surface area contributed by atoms with Gasteiger partial charge in [0.25, 0.3) is 0 Å². The van der Waals surface area contributed by atoms with Crippen LogP contribution in [0.5, 0.6) is 0 Å². The molecule has 0 radical (unpaired) electrons. The summed E-state index contributed by atoms with van der Waals surface area (Å²) < 4.78 is 0. The minimum atomic E-state index is -0.627. The van der Waals surface area contributed by atoms with Crippen molar-refractivity contribution in [3.05, 3.63) is 29.8 Å². The summed E-state index contributed by atoms with van der Waals surface area (Å²) in [6.45, 7) is 0. The van der Waals surface area contributed by atoms with Crippen LogP contribution in [0, 0.1) is 0 Å². The predicted octanol–water partition coefficient (Wildman–Crippen LogP) is 0.967. The maximum absolute atomic E-state index is 5.96. The molecule has 0 amide bonds. The summed E-state index contributed by atoms with van der Waals surface area (Å²) in [5, 5.41) is 0. The van der Waals surface area contributed by atoms with E-state index in [4.69, 9.17) is 17.3 Å². The zero-order chi connectivity index (χ0) is 8.60. The molecule has 0 spiro atoms. The van der Waals surface area contributed by atoms with Crippen molar-refractivity contribution in [2.75, 3.05) is 11.3 Å². The Balaban J connectivity index is 2.49. The first-order valence-corrected chi connectivity index (χ1v) is 4.27. The quantitative estimate of drug-likeness (QED) is 0.569. The molecular weight excluding hydrogens is 174 g/mol. The van der Waals surface area contributed by atoms with Gasteiger partial charge in [0.05, 0.1) is 11.6 Å². The number of hydrazine groups is 1. The summed E-state index contributed by atoms with van der Waals surface area (Å²) in [4.78, 5) is 0. The van der Waals surface area contributed by atoms with Crippen LogP contribution in [0.15, 0.2) is 24.3 Å². The number of para-hydroxylation sites is 1. The molecule has 0 saturated carbocycles. The van der Waals surface area contributed by atoms with Gasteiger partial charge in [0.15, 0.2) is 0 Å². The Kier molecular flexibility index (Phi) is 1.72. The third kappa shape index (κ3) is 0.982. The van der Waals surface area contributed by atoms with Crippen molar-refractivity contribution in [1.82, 2.24) is 5.43 Å². The zero-order valence-electron chi connectivity index (χ0n) is 6.47. The van der Waals surface area contributed by atoms with Crippen LogP contribution in [-0.2, 0) is 5.66 Å². The second-order valence-electron chi connectivity index (χ2n) is 2.90. The van der Waals surface area contributed by atoms with E-state index in [0.717, 1.165) is 11.3 Å². The normalized spacial score (nSPS) is 26.5. The van der Waals surface area contributed by atoms with Crippen LogP contribution in [-0.4, -0.2) is 5.88 Å². The molecule has 1 aliphatic heterocycles. The fraction of sp³-hybridized carbons (Fsp3) is 0.250. The molecule has 4 heteroatoms. The molecule has 1 heterocycles. The Hall–Kier alpha value is -0.770. The largest absolute Gasteiger partial charge is 0.319 e. The Morgan fingerprint density at radius 1 is 1.42 bits per heavy atom. The average molecular weight is 184 g/mol. The second-order valence-corrected chi connectivity index (χ2v) is 3.17. The van der Waals surface area contributed by atoms with E-state index < -0.39 is 5.66 Å². The Bertz CT molecular complexity index is 302. The topological polar surface area (TPSA) is 50.1 Å². The minimum absolute atomic E-state index is 0.344. The first-order chi connectivity index (χ1) is 5.76. The minimum Gasteiger partial charge on any atom is -0.319 e. The number of alkyl halides is 1. The highest BCUT2D eigenvalue weighted by molar-refractivity contribution is 6.18. The number of halogens is 1. The first-order valence-electron chi connectivity index (χ1n) is 3.74. The molecule has 0 aliphatic carbocycles. The molecule has 1 aromatic rings. The summed E-state index contributed by atoms with van der Waals surface area (Å²) >= 11 is 5.75. The molecule has 2 rings (SSSR count). The highest BCUT2D eigenvalue weighted by Crippen LogP contribution is 2.29. The highest BCUT2D eigenvalue weighted by atomic mass is 35.5. The van der Waals surface area contributed by atoms with Gasteiger partial charge in [-0.1, -0.05) is 18.2 Å². The van der Waals surface area contributed by atoms with Crippen LogP contribution in [0.25, 0.3) is 0 Å². The van der Waals surface area contributed by atoms with Crippen LogP contribution < -0.4 is 16.6 Å². The zero-order valence-corrected chi connectivity index (χ0v) is 7.23. The van der Waals surface area contributed by atoms with Crippen molar-refractivity contribution in [2.45, 2.75) is 5.66 Å². The molecule has 64 valence electrons.